The molecule has 2 aromatic rings. The number of carbonyl (C=O) groups is 5. The molecule has 218 valence electrons. The van der Waals surface area contributed by atoms with E-state index >= 15 is 0 Å². The molecular formula is C28H38N4O8. The Morgan fingerprint density at radius 3 is 2.33 bits per heavy atom. The monoisotopic (exact) mass is 558 g/mol. The zero-order valence-electron chi connectivity index (χ0n) is 23.3. The van der Waals surface area contributed by atoms with Crippen molar-refractivity contribution in [3.63, 3.8) is 0 Å². The van der Waals surface area contributed by atoms with Crippen molar-refractivity contribution in [2.24, 2.45) is 5.92 Å². The molecule has 0 aliphatic carbocycles. The molecule has 0 spiro atoms. The van der Waals surface area contributed by atoms with Gasteiger partial charge in [0.2, 0.25) is 12.3 Å². The lowest BCUT2D eigenvalue weighted by Gasteiger charge is -2.29. The summed E-state index contributed by atoms with van der Waals surface area (Å²) in [5.74, 6) is -2.14. The molecular weight excluding hydrogens is 520 g/mol. The first-order chi connectivity index (χ1) is 19.1. The third-order valence-corrected chi connectivity index (χ3v) is 6.36. The molecule has 2 rings (SSSR count). The van der Waals surface area contributed by atoms with Gasteiger partial charge in [-0.3, -0.25) is 24.4 Å². The molecule has 0 aliphatic heterocycles. The lowest BCUT2D eigenvalue weighted by atomic mass is 9.90. The normalized spacial score (nSPS) is 12.1. The van der Waals surface area contributed by atoms with Crippen LogP contribution < -0.4 is 10.6 Å². The number of hydroxylamine groups is 2. The molecule has 12 nitrogen and oxygen atoms in total. The van der Waals surface area contributed by atoms with E-state index in [0.717, 1.165) is 19.3 Å². The molecule has 4 amide bonds. The highest BCUT2D eigenvalue weighted by atomic mass is 16.5. The van der Waals surface area contributed by atoms with E-state index in [4.69, 9.17) is 9.15 Å². The van der Waals surface area contributed by atoms with Crippen molar-refractivity contribution in [2.75, 3.05) is 27.4 Å². The van der Waals surface area contributed by atoms with Gasteiger partial charge >= 0.3 is 5.97 Å². The van der Waals surface area contributed by atoms with Crippen LogP contribution in [0.1, 0.15) is 66.9 Å². The second kappa shape index (κ2) is 16.0. The lowest BCUT2D eigenvalue weighted by molar-refractivity contribution is -0.168. The Hall–Kier alpha value is -4.19. The van der Waals surface area contributed by atoms with E-state index in [1.807, 2.05) is 6.92 Å². The number of hydrogen-bond donors (Lipinski definition) is 3. The average Bonchev–Trinajstić information content (AvgIpc) is 3.45. The molecule has 0 fully saturated rings. The van der Waals surface area contributed by atoms with Crippen LogP contribution in [0.25, 0.3) is 11.3 Å². The molecule has 0 saturated carbocycles. The van der Waals surface area contributed by atoms with Gasteiger partial charge in [-0.05, 0) is 37.1 Å². The van der Waals surface area contributed by atoms with Gasteiger partial charge in [-0.2, -0.15) is 0 Å². The summed E-state index contributed by atoms with van der Waals surface area (Å²) in [6.45, 7) is 3.28. The number of hydrogen-bond acceptors (Lipinski definition) is 8. The molecule has 2 unspecified atom stereocenters. The van der Waals surface area contributed by atoms with Gasteiger partial charge in [0.15, 0.2) is 12.4 Å². The van der Waals surface area contributed by atoms with Crippen LogP contribution in [-0.4, -0.2) is 78.7 Å². The fourth-order valence-corrected chi connectivity index (χ4v) is 4.00. The second-order valence-electron chi connectivity index (χ2n) is 9.39. The molecule has 2 atom stereocenters. The maximum Gasteiger partial charge on any atom is 0.338 e. The summed E-state index contributed by atoms with van der Waals surface area (Å²) in [4.78, 5) is 61.6. The number of amides is 4. The molecule has 0 saturated heterocycles. The minimum absolute atomic E-state index is 0.0170. The van der Waals surface area contributed by atoms with Gasteiger partial charge in [-0.1, -0.05) is 45.2 Å². The van der Waals surface area contributed by atoms with Crippen LogP contribution in [0.2, 0.25) is 0 Å². The van der Waals surface area contributed by atoms with Crippen molar-refractivity contribution in [1.82, 2.24) is 20.6 Å². The molecule has 1 aromatic carbocycles. The van der Waals surface area contributed by atoms with Gasteiger partial charge in [0.1, 0.15) is 5.76 Å². The maximum atomic E-state index is 12.9. The summed E-state index contributed by atoms with van der Waals surface area (Å²) >= 11 is 0. The van der Waals surface area contributed by atoms with Crippen LogP contribution in [-0.2, 0) is 19.1 Å². The fraction of sp³-hybridized carbons (Fsp3) is 0.464. The van der Waals surface area contributed by atoms with Gasteiger partial charge in [0.25, 0.3) is 11.8 Å². The third kappa shape index (κ3) is 9.23. The van der Waals surface area contributed by atoms with Crippen molar-refractivity contribution in [3.8, 4) is 11.3 Å². The number of ether oxygens (including phenoxy) is 1. The van der Waals surface area contributed by atoms with Crippen LogP contribution in [0, 0.1) is 5.92 Å². The Labute approximate surface area is 233 Å². The van der Waals surface area contributed by atoms with Crippen LogP contribution in [0.15, 0.2) is 40.8 Å². The quantitative estimate of drug-likeness (QED) is 0.0708. The van der Waals surface area contributed by atoms with Crippen LogP contribution in [0.3, 0.4) is 0 Å². The Balaban J connectivity index is 1.94. The molecule has 0 bridgehead atoms. The number of likely N-dealkylation sites (N-methyl/N-ethyl adjacent to an activating group) is 1. The van der Waals surface area contributed by atoms with E-state index in [-0.39, 0.29) is 36.4 Å². The first-order valence-corrected chi connectivity index (χ1v) is 13.2. The Bertz CT molecular complexity index is 1150. The first-order valence-electron chi connectivity index (χ1n) is 13.2. The Kier molecular flexibility index (Phi) is 12.8. The first kappa shape index (κ1) is 32.0. The van der Waals surface area contributed by atoms with Gasteiger partial charge < -0.3 is 24.7 Å². The van der Waals surface area contributed by atoms with E-state index in [9.17, 15) is 29.2 Å². The standard InChI is InChI=1S/C28H38N4O8/c1-5-7-8-9-21(22(6-2)32(38)18-33)26(35)29-17-30-27(36)24-15-14-23(40-24)19-10-12-20(13-11-19)28(37)39-16-25(34)31(3)4/h10-15,18,21-22,38H,5-9,16-17H2,1-4H3,(H,29,35)(H,30,36). The smallest absolute Gasteiger partial charge is 0.338 e. The Morgan fingerprint density at radius 1 is 1.02 bits per heavy atom. The molecule has 3 N–H and O–H groups in total. The topological polar surface area (TPSA) is 158 Å². The van der Waals surface area contributed by atoms with Crippen molar-refractivity contribution < 1.29 is 38.3 Å². The largest absolute Gasteiger partial charge is 0.452 e. The van der Waals surface area contributed by atoms with Crippen molar-refractivity contribution >= 4 is 30.1 Å². The van der Waals surface area contributed by atoms with Crippen molar-refractivity contribution in [1.29, 1.82) is 0 Å². The SMILES string of the molecule is CCCCCC(C(=O)NCNC(=O)c1ccc(-c2ccc(C(=O)OCC(=O)N(C)C)cc2)o1)C(CC)N(O)C=O. The summed E-state index contributed by atoms with van der Waals surface area (Å²) in [5, 5.41) is 15.7. The zero-order chi connectivity index (χ0) is 29.7. The van der Waals surface area contributed by atoms with Crippen molar-refractivity contribution in [2.45, 2.75) is 52.0 Å². The highest BCUT2D eigenvalue weighted by molar-refractivity contribution is 5.93. The van der Waals surface area contributed by atoms with Crippen LogP contribution >= 0.6 is 0 Å². The summed E-state index contributed by atoms with van der Waals surface area (Å²) in [5.41, 5.74) is 0.865. The number of benzene rings is 1. The van der Waals surface area contributed by atoms with Crippen LogP contribution in [0.4, 0.5) is 0 Å². The minimum atomic E-state index is -0.675. The number of unbranched alkanes of at least 4 members (excludes halogenated alkanes) is 2. The van der Waals surface area contributed by atoms with E-state index in [2.05, 4.69) is 10.6 Å². The minimum Gasteiger partial charge on any atom is -0.452 e. The summed E-state index contributed by atoms with van der Waals surface area (Å²) in [6.07, 6.45) is 3.80. The molecule has 1 aromatic heterocycles. The third-order valence-electron chi connectivity index (χ3n) is 6.36. The van der Waals surface area contributed by atoms with Crippen molar-refractivity contribution in [3.05, 3.63) is 47.7 Å². The Morgan fingerprint density at radius 2 is 1.73 bits per heavy atom. The number of nitrogens with zero attached hydrogens (tertiary/aromatic N) is 2. The highest BCUT2D eigenvalue weighted by Crippen LogP contribution is 2.23. The summed E-state index contributed by atoms with van der Waals surface area (Å²) in [6, 6.07) is 8.70. The maximum absolute atomic E-state index is 12.9. The highest BCUT2D eigenvalue weighted by Gasteiger charge is 2.30. The number of furan rings is 1. The molecule has 0 radical (unpaired) electrons. The van der Waals surface area contributed by atoms with E-state index in [1.54, 1.807) is 39.2 Å². The molecule has 1 heterocycles. The molecule has 40 heavy (non-hydrogen) atoms. The predicted octanol–water partition coefficient (Wildman–Crippen LogP) is 2.82. The van der Waals surface area contributed by atoms with E-state index in [1.165, 1.54) is 23.1 Å². The summed E-state index contributed by atoms with van der Waals surface area (Å²) in [7, 11) is 3.13. The van der Waals surface area contributed by atoms with Gasteiger partial charge in [0.05, 0.1) is 24.2 Å². The lowest BCUT2D eigenvalue weighted by Crippen LogP contribution is -2.47. The van der Waals surface area contributed by atoms with E-state index in [0.29, 0.717) is 35.6 Å². The number of esters is 1. The average molecular weight is 559 g/mol. The van der Waals surface area contributed by atoms with Crippen LogP contribution in [0.5, 0.6) is 0 Å². The number of rotatable bonds is 16. The van der Waals surface area contributed by atoms with E-state index < -0.39 is 23.8 Å². The number of carbonyl (C=O) groups excluding carboxylic acids is 5. The fourth-order valence-electron chi connectivity index (χ4n) is 4.00. The van der Waals surface area contributed by atoms with Gasteiger partial charge in [-0.25, -0.2) is 9.86 Å². The zero-order valence-corrected chi connectivity index (χ0v) is 23.3. The second-order valence-corrected chi connectivity index (χ2v) is 9.39. The number of nitrogens with one attached hydrogen (secondary N) is 2. The molecule has 0 aliphatic rings. The van der Waals surface area contributed by atoms with Gasteiger partial charge in [-0.15, -0.1) is 0 Å². The summed E-state index contributed by atoms with van der Waals surface area (Å²) < 4.78 is 10.6. The predicted molar refractivity (Wildman–Crippen MR) is 145 cm³/mol. The van der Waals surface area contributed by atoms with Gasteiger partial charge in [0, 0.05) is 19.7 Å². The molecule has 12 heteroatoms.